The molecule has 0 aliphatic carbocycles. The highest BCUT2D eigenvalue weighted by Crippen LogP contribution is 2.13. The van der Waals surface area contributed by atoms with Crippen LogP contribution in [0.4, 0.5) is 5.88 Å². The Kier molecular flexibility index (Phi) is 2.06. The standard InChI is InChI=1S/C9H10N2O2/c10-11(9-4-2-6-13-9)7-8-3-1-5-12-8/h1-6H,7,10H2. The average Bonchev–Trinajstić information content (AvgIpc) is 2.74. The third kappa shape index (κ3) is 1.73. The van der Waals surface area contributed by atoms with Crippen LogP contribution in [0.25, 0.3) is 0 Å². The van der Waals surface area contributed by atoms with E-state index >= 15 is 0 Å². The number of rotatable bonds is 3. The zero-order valence-corrected chi connectivity index (χ0v) is 7.01. The molecule has 2 heterocycles. The van der Waals surface area contributed by atoms with E-state index < -0.39 is 0 Å². The fraction of sp³-hybridized carbons (Fsp3) is 0.111. The minimum Gasteiger partial charge on any atom is -0.467 e. The van der Waals surface area contributed by atoms with Gasteiger partial charge in [0.25, 0.3) is 0 Å². The van der Waals surface area contributed by atoms with Crippen molar-refractivity contribution >= 4 is 5.88 Å². The van der Waals surface area contributed by atoms with Gasteiger partial charge in [-0.2, -0.15) is 0 Å². The van der Waals surface area contributed by atoms with Crippen molar-refractivity contribution in [1.29, 1.82) is 0 Å². The highest BCUT2D eigenvalue weighted by Gasteiger charge is 2.05. The Labute approximate surface area is 75.5 Å². The van der Waals surface area contributed by atoms with E-state index in [0.717, 1.165) is 5.76 Å². The first-order chi connectivity index (χ1) is 6.36. The highest BCUT2D eigenvalue weighted by molar-refractivity contribution is 5.32. The van der Waals surface area contributed by atoms with Crippen molar-refractivity contribution in [1.82, 2.24) is 0 Å². The summed E-state index contributed by atoms with van der Waals surface area (Å²) in [6.07, 6.45) is 3.20. The molecule has 4 nitrogen and oxygen atoms in total. The number of furan rings is 2. The second-order valence-electron chi connectivity index (χ2n) is 2.66. The molecule has 0 unspecified atom stereocenters. The molecule has 0 bridgehead atoms. The van der Waals surface area contributed by atoms with E-state index in [1.165, 1.54) is 5.01 Å². The molecule has 2 aromatic heterocycles. The summed E-state index contributed by atoms with van der Waals surface area (Å²) < 4.78 is 10.2. The second-order valence-corrected chi connectivity index (χ2v) is 2.66. The molecule has 0 aromatic carbocycles. The summed E-state index contributed by atoms with van der Waals surface area (Å²) in [6, 6.07) is 7.27. The third-order valence-electron chi connectivity index (χ3n) is 1.70. The molecule has 0 atom stereocenters. The monoisotopic (exact) mass is 178 g/mol. The van der Waals surface area contributed by atoms with E-state index in [1.54, 1.807) is 24.7 Å². The number of hydrogen-bond donors (Lipinski definition) is 1. The molecule has 2 aromatic rings. The lowest BCUT2D eigenvalue weighted by Gasteiger charge is -2.12. The van der Waals surface area contributed by atoms with Gasteiger partial charge in [-0.3, -0.25) is 5.01 Å². The first kappa shape index (κ1) is 7.94. The molecule has 0 saturated carbocycles. The Morgan fingerprint density at radius 1 is 1.15 bits per heavy atom. The maximum absolute atomic E-state index is 5.71. The highest BCUT2D eigenvalue weighted by atomic mass is 16.4. The molecule has 68 valence electrons. The molecule has 0 spiro atoms. The Balaban J connectivity index is 2.04. The fourth-order valence-corrected chi connectivity index (χ4v) is 1.08. The molecule has 0 amide bonds. The number of nitrogens with zero attached hydrogens (tertiary/aromatic N) is 1. The molecule has 0 saturated heterocycles. The molecule has 0 aliphatic heterocycles. The maximum atomic E-state index is 5.71. The molecule has 0 radical (unpaired) electrons. The summed E-state index contributed by atoms with van der Waals surface area (Å²) in [5, 5.41) is 1.48. The lowest BCUT2D eigenvalue weighted by molar-refractivity contribution is 0.485. The van der Waals surface area contributed by atoms with E-state index in [9.17, 15) is 0 Å². The first-order valence-electron chi connectivity index (χ1n) is 3.94. The van der Waals surface area contributed by atoms with Crippen molar-refractivity contribution in [2.45, 2.75) is 6.54 Å². The molecule has 2 N–H and O–H groups in total. The zero-order chi connectivity index (χ0) is 9.10. The van der Waals surface area contributed by atoms with E-state index in [2.05, 4.69) is 0 Å². The van der Waals surface area contributed by atoms with Crippen LogP contribution in [0.3, 0.4) is 0 Å². The predicted octanol–water partition coefficient (Wildman–Crippen LogP) is 1.75. The molecule has 4 heteroatoms. The lowest BCUT2D eigenvalue weighted by Crippen LogP contribution is -2.29. The SMILES string of the molecule is NN(Cc1ccco1)c1ccco1. The smallest absolute Gasteiger partial charge is 0.209 e. The summed E-state index contributed by atoms with van der Waals surface area (Å²) >= 11 is 0. The Bertz CT molecular complexity index is 340. The number of nitrogens with two attached hydrogens (primary N) is 1. The van der Waals surface area contributed by atoms with Crippen LogP contribution >= 0.6 is 0 Å². The van der Waals surface area contributed by atoms with Gasteiger partial charge < -0.3 is 8.83 Å². The van der Waals surface area contributed by atoms with Gasteiger partial charge in [0, 0.05) is 6.07 Å². The predicted molar refractivity (Wildman–Crippen MR) is 47.8 cm³/mol. The van der Waals surface area contributed by atoms with E-state index in [-0.39, 0.29) is 0 Å². The van der Waals surface area contributed by atoms with Gasteiger partial charge in [-0.1, -0.05) is 0 Å². The van der Waals surface area contributed by atoms with Gasteiger partial charge >= 0.3 is 0 Å². The number of hydrogen-bond acceptors (Lipinski definition) is 4. The minimum absolute atomic E-state index is 0.501. The van der Waals surface area contributed by atoms with Crippen LogP contribution in [0.2, 0.25) is 0 Å². The molecular weight excluding hydrogens is 168 g/mol. The molecular formula is C9H10N2O2. The van der Waals surface area contributed by atoms with E-state index in [0.29, 0.717) is 12.4 Å². The van der Waals surface area contributed by atoms with Crippen LogP contribution in [-0.4, -0.2) is 0 Å². The zero-order valence-electron chi connectivity index (χ0n) is 7.01. The Morgan fingerprint density at radius 2 is 1.92 bits per heavy atom. The van der Waals surface area contributed by atoms with E-state index in [1.807, 2.05) is 12.1 Å². The van der Waals surface area contributed by atoms with E-state index in [4.69, 9.17) is 14.7 Å². The van der Waals surface area contributed by atoms with Crippen molar-refractivity contribution < 1.29 is 8.83 Å². The van der Waals surface area contributed by atoms with Gasteiger partial charge in [-0.15, -0.1) is 0 Å². The largest absolute Gasteiger partial charge is 0.467 e. The quantitative estimate of drug-likeness (QED) is 0.574. The van der Waals surface area contributed by atoms with Gasteiger partial charge in [-0.05, 0) is 18.2 Å². The van der Waals surface area contributed by atoms with Crippen LogP contribution in [-0.2, 0) is 6.54 Å². The van der Waals surface area contributed by atoms with Gasteiger partial charge in [0.05, 0.1) is 19.1 Å². The minimum atomic E-state index is 0.501. The van der Waals surface area contributed by atoms with Crippen molar-refractivity contribution in [2.75, 3.05) is 5.01 Å². The van der Waals surface area contributed by atoms with Crippen molar-refractivity contribution in [3.8, 4) is 0 Å². The summed E-state index contributed by atoms with van der Waals surface area (Å²) in [6.45, 7) is 0.501. The number of anilines is 1. The van der Waals surface area contributed by atoms with Crippen molar-refractivity contribution in [2.24, 2.45) is 5.84 Å². The summed E-state index contributed by atoms with van der Waals surface area (Å²) in [5.41, 5.74) is 0. The van der Waals surface area contributed by atoms with Gasteiger partial charge in [-0.25, -0.2) is 5.84 Å². The van der Waals surface area contributed by atoms with Crippen molar-refractivity contribution in [3.05, 3.63) is 42.6 Å². The van der Waals surface area contributed by atoms with Gasteiger partial charge in [0.15, 0.2) is 0 Å². The van der Waals surface area contributed by atoms with Crippen LogP contribution in [0.5, 0.6) is 0 Å². The third-order valence-corrected chi connectivity index (χ3v) is 1.70. The second kappa shape index (κ2) is 3.37. The van der Waals surface area contributed by atoms with Crippen molar-refractivity contribution in [3.63, 3.8) is 0 Å². The summed E-state index contributed by atoms with van der Waals surface area (Å²) in [7, 11) is 0. The maximum Gasteiger partial charge on any atom is 0.209 e. The Hall–Kier alpha value is -1.68. The van der Waals surface area contributed by atoms with Crippen LogP contribution in [0.15, 0.2) is 45.6 Å². The fourth-order valence-electron chi connectivity index (χ4n) is 1.08. The topological polar surface area (TPSA) is 55.5 Å². The molecule has 13 heavy (non-hydrogen) atoms. The summed E-state index contributed by atoms with van der Waals surface area (Å²) in [4.78, 5) is 0. The molecule has 0 aliphatic rings. The molecule has 0 fully saturated rings. The number of hydrazine groups is 1. The van der Waals surface area contributed by atoms with Crippen LogP contribution < -0.4 is 10.9 Å². The summed E-state index contributed by atoms with van der Waals surface area (Å²) in [5.74, 6) is 7.14. The molecule has 2 rings (SSSR count). The van der Waals surface area contributed by atoms with Gasteiger partial charge in [0.2, 0.25) is 5.88 Å². The normalized spacial score (nSPS) is 10.2. The van der Waals surface area contributed by atoms with Crippen LogP contribution in [0, 0.1) is 0 Å². The lowest BCUT2D eigenvalue weighted by atomic mass is 10.4. The van der Waals surface area contributed by atoms with Gasteiger partial charge in [0.1, 0.15) is 5.76 Å². The average molecular weight is 178 g/mol. The van der Waals surface area contributed by atoms with Crippen LogP contribution in [0.1, 0.15) is 5.76 Å². The first-order valence-corrected chi connectivity index (χ1v) is 3.94. The Morgan fingerprint density at radius 3 is 2.54 bits per heavy atom.